The van der Waals surface area contributed by atoms with Gasteiger partial charge in [-0.2, -0.15) is 0 Å². The molecule has 0 spiro atoms. The number of hydrogen-bond donors (Lipinski definition) is 2. The predicted octanol–water partition coefficient (Wildman–Crippen LogP) is 2.40. The molecular formula is C17H26N2O2. The molecule has 0 radical (unpaired) electrons. The molecule has 116 valence electrons. The summed E-state index contributed by atoms with van der Waals surface area (Å²) < 4.78 is 5.68. The van der Waals surface area contributed by atoms with Crippen LogP contribution in [0.1, 0.15) is 45.2 Å². The maximum Gasteiger partial charge on any atom is 0.249 e. The summed E-state index contributed by atoms with van der Waals surface area (Å²) in [5.41, 5.74) is 6.65. The second kappa shape index (κ2) is 6.58. The van der Waals surface area contributed by atoms with Gasteiger partial charge in [-0.1, -0.05) is 51.1 Å². The molecular weight excluding hydrogens is 264 g/mol. The van der Waals surface area contributed by atoms with Crippen LogP contribution in [-0.4, -0.2) is 24.7 Å². The predicted molar refractivity (Wildman–Crippen MR) is 83.7 cm³/mol. The minimum atomic E-state index is -0.368. The first kappa shape index (κ1) is 16.0. The van der Waals surface area contributed by atoms with Crippen LogP contribution in [0, 0.1) is 5.41 Å². The Bertz CT molecular complexity index is 467. The van der Waals surface area contributed by atoms with E-state index in [4.69, 9.17) is 10.5 Å². The Morgan fingerprint density at radius 3 is 2.52 bits per heavy atom. The monoisotopic (exact) mass is 290 g/mol. The molecule has 1 aliphatic heterocycles. The summed E-state index contributed by atoms with van der Waals surface area (Å²) in [6.45, 7) is 6.86. The molecule has 0 aliphatic carbocycles. The lowest BCUT2D eigenvalue weighted by Gasteiger charge is -2.32. The van der Waals surface area contributed by atoms with Gasteiger partial charge in [-0.25, -0.2) is 0 Å². The Morgan fingerprint density at radius 1 is 1.33 bits per heavy atom. The van der Waals surface area contributed by atoms with E-state index in [0.717, 1.165) is 18.4 Å². The molecule has 21 heavy (non-hydrogen) atoms. The highest BCUT2D eigenvalue weighted by atomic mass is 16.5. The normalized spacial score (nSPS) is 23.8. The summed E-state index contributed by atoms with van der Waals surface area (Å²) in [6, 6.07) is 10.0. The number of amides is 1. The topological polar surface area (TPSA) is 64.4 Å². The Hall–Kier alpha value is -1.39. The second-order valence-corrected chi connectivity index (χ2v) is 6.78. The third-order valence-electron chi connectivity index (χ3n) is 3.95. The number of carbonyl (C=O) groups excluding carboxylic acids is 1. The summed E-state index contributed by atoms with van der Waals surface area (Å²) in [5.74, 6) is -0.0327. The molecule has 3 atom stereocenters. The summed E-state index contributed by atoms with van der Waals surface area (Å²) in [6.07, 6.45) is 1.26. The van der Waals surface area contributed by atoms with Crippen LogP contribution in [0.4, 0.5) is 0 Å². The zero-order valence-corrected chi connectivity index (χ0v) is 13.1. The molecule has 1 aromatic carbocycles. The molecule has 1 heterocycles. The van der Waals surface area contributed by atoms with Gasteiger partial charge in [0.1, 0.15) is 6.10 Å². The van der Waals surface area contributed by atoms with Crippen molar-refractivity contribution in [1.82, 2.24) is 5.32 Å². The first-order valence-electron chi connectivity index (χ1n) is 7.62. The fourth-order valence-corrected chi connectivity index (χ4v) is 2.75. The number of nitrogens with one attached hydrogen (secondary N) is 1. The van der Waals surface area contributed by atoms with Crippen molar-refractivity contribution < 1.29 is 9.53 Å². The van der Waals surface area contributed by atoms with Gasteiger partial charge in [-0.15, -0.1) is 0 Å². The minimum absolute atomic E-state index is 0.0190. The van der Waals surface area contributed by atoms with Gasteiger partial charge in [-0.05, 0) is 23.8 Å². The molecule has 1 fully saturated rings. The van der Waals surface area contributed by atoms with E-state index in [-0.39, 0.29) is 29.6 Å². The molecule has 1 aromatic rings. The van der Waals surface area contributed by atoms with Crippen LogP contribution in [0.2, 0.25) is 0 Å². The zero-order chi connectivity index (χ0) is 15.5. The van der Waals surface area contributed by atoms with Crippen molar-refractivity contribution in [2.45, 2.75) is 51.9 Å². The number of rotatable bonds is 4. The summed E-state index contributed by atoms with van der Waals surface area (Å²) in [7, 11) is 0. The van der Waals surface area contributed by atoms with E-state index in [0.29, 0.717) is 6.54 Å². The maximum atomic E-state index is 12.5. The lowest BCUT2D eigenvalue weighted by atomic mass is 9.82. The first-order valence-corrected chi connectivity index (χ1v) is 7.62. The fourth-order valence-electron chi connectivity index (χ4n) is 2.75. The van der Waals surface area contributed by atoms with Gasteiger partial charge in [0.2, 0.25) is 5.91 Å². The van der Waals surface area contributed by atoms with E-state index >= 15 is 0 Å². The zero-order valence-electron chi connectivity index (χ0n) is 13.1. The van der Waals surface area contributed by atoms with E-state index in [9.17, 15) is 4.79 Å². The van der Waals surface area contributed by atoms with Gasteiger partial charge in [0, 0.05) is 6.54 Å². The third-order valence-corrected chi connectivity index (χ3v) is 3.95. The van der Waals surface area contributed by atoms with Crippen LogP contribution in [0.3, 0.4) is 0 Å². The standard InChI is InChI=1S/C17H26N2O2/c1-17(2,3)15(12-7-5-4-6-8-12)19-16(20)14-10-9-13(11-18)21-14/h4-8,13-15H,9-11,18H2,1-3H3,(H,19,20)/t13-,14+,15?/m1/s1. The smallest absolute Gasteiger partial charge is 0.249 e. The van der Waals surface area contributed by atoms with Crippen LogP contribution >= 0.6 is 0 Å². The molecule has 1 amide bonds. The summed E-state index contributed by atoms with van der Waals surface area (Å²) in [5, 5.41) is 3.16. The summed E-state index contributed by atoms with van der Waals surface area (Å²) >= 11 is 0. The van der Waals surface area contributed by atoms with Crippen LogP contribution < -0.4 is 11.1 Å². The van der Waals surface area contributed by atoms with E-state index in [1.54, 1.807) is 0 Å². The van der Waals surface area contributed by atoms with Crippen molar-refractivity contribution in [1.29, 1.82) is 0 Å². The molecule has 1 saturated heterocycles. The molecule has 0 aromatic heterocycles. The van der Waals surface area contributed by atoms with Gasteiger partial charge < -0.3 is 15.8 Å². The Labute approximate surface area is 127 Å². The molecule has 1 unspecified atom stereocenters. The van der Waals surface area contributed by atoms with Gasteiger partial charge in [0.05, 0.1) is 12.1 Å². The molecule has 2 rings (SSSR count). The summed E-state index contributed by atoms with van der Waals surface area (Å²) in [4.78, 5) is 12.5. The van der Waals surface area contributed by atoms with E-state index in [1.807, 2.05) is 30.3 Å². The van der Waals surface area contributed by atoms with E-state index < -0.39 is 0 Å². The quantitative estimate of drug-likeness (QED) is 0.895. The molecule has 4 heteroatoms. The highest BCUT2D eigenvalue weighted by Gasteiger charge is 2.34. The number of ether oxygens (including phenoxy) is 1. The number of benzene rings is 1. The highest BCUT2D eigenvalue weighted by molar-refractivity contribution is 5.81. The van der Waals surface area contributed by atoms with E-state index in [2.05, 4.69) is 26.1 Å². The second-order valence-electron chi connectivity index (χ2n) is 6.78. The molecule has 0 bridgehead atoms. The molecule has 4 nitrogen and oxygen atoms in total. The lowest BCUT2D eigenvalue weighted by molar-refractivity contribution is -0.133. The first-order chi connectivity index (χ1) is 9.91. The highest BCUT2D eigenvalue weighted by Crippen LogP contribution is 2.33. The number of nitrogens with two attached hydrogens (primary N) is 1. The fraction of sp³-hybridized carbons (Fsp3) is 0.588. The maximum absolute atomic E-state index is 12.5. The molecule has 0 saturated carbocycles. The Kier molecular flexibility index (Phi) is 5.01. The van der Waals surface area contributed by atoms with Crippen molar-refractivity contribution in [3.63, 3.8) is 0 Å². The van der Waals surface area contributed by atoms with Crippen LogP contribution in [0.5, 0.6) is 0 Å². The van der Waals surface area contributed by atoms with Crippen molar-refractivity contribution in [2.75, 3.05) is 6.54 Å². The number of hydrogen-bond acceptors (Lipinski definition) is 3. The molecule has 1 aliphatic rings. The third kappa shape index (κ3) is 4.05. The van der Waals surface area contributed by atoms with E-state index in [1.165, 1.54) is 0 Å². The molecule has 3 N–H and O–H groups in total. The van der Waals surface area contributed by atoms with Crippen LogP contribution in [-0.2, 0) is 9.53 Å². The Morgan fingerprint density at radius 2 is 2.00 bits per heavy atom. The van der Waals surface area contributed by atoms with Crippen LogP contribution in [0.25, 0.3) is 0 Å². The lowest BCUT2D eigenvalue weighted by Crippen LogP contribution is -2.42. The average molecular weight is 290 g/mol. The van der Waals surface area contributed by atoms with Gasteiger partial charge in [0.25, 0.3) is 0 Å². The van der Waals surface area contributed by atoms with Gasteiger partial charge in [-0.3, -0.25) is 4.79 Å². The number of carbonyl (C=O) groups is 1. The SMILES string of the molecule is CC(C)(C)C(NC(=O)[C@@H]1CC[C@H](CN)O1)c1ccccc1. The van der Waals surface area contributed by atoms with Crippen LogP contribution in [0.15, 0.2) is 30.3 Å². The average Bonchev–Trinajstić information content (AvgIpc) is 2.93. The van der Waals surface area contributed by atoms with Crippen molar-refractivity contribution in [2.24, 2.45) is 11.1 Å². The largest absolute Gasteiger partial charge is 0.364 e. The Balaban J connectivity index is 2.08. The van der Waals surface area contributed by atoms with Crippen molar-refractivity contribution >= 4 is 5.91 Å². The van der Waals surface area contributed by atoms with Gasteiger partial charge in [0.15, 0.2) is 0 Å². The minimum Gasteiger partial charge on any atom is -0.364 e. The van der Waals surface area contributed by atoms with Gasteiger partial charge >= 0.3 is 0 Å². The van der Waals surface area contributed by atoms with Crippen molar-refractivity contribution in [3.8, 4) is 0 Å². The van der Waals surface area contributed by atoms with Crippen molar-refractivity contribution in [3.05, 3.63) is 35.9 Å².